The van der Waals surface area contributed by atoms with Crippen molar-refractivity contribution in [3.63, 3.8) is 0 Å². The molecule has 2 aromatic rings. The van der Waals surface area contributed by atoms with Crippen LogP contribution in [0.15, 0.2) is 55.9 Å². The van der Waals surface area contributed by atoms with Gasteiger partial charge < -0.3 is 0 Å². The van der Waals surface area contributed by atoms with Gasteiger partial charge in [-0.05, 0) is 23.8 Å². The third-order valence-electron chi connectivity index (χ3n) is 2.11. The lowest BCUT2D eigenvalue weighted by atomic mass is 10.1. The van der Waals surface area contributed by atoms with Gasteiger partial charge in [-0.1, -0.05) is 79.5 Å². The highest BCUT2D eigenvalue weighted by molar-refractivity contribution is 9.11. The molecule has 2 rings (SSSR count). The van der Waals surface area contributed by atoms with E-state index in [0.717, 1.165) is 13.4 Å². The summed E-state index contributed by atoms with van der Waals surface area (Å²) in [7, 11) is 0. The number of benzene rings is 2. The van der Waals surface area contributed by atoms with Crippen LogP contribution >= 0.6 is 47.8 Å². The van der Waals surface area contributed by atoms with Crippen LogP contribution in [0.25, 0.3) is 11.1 Å². The number of halogens is 3. The van der Waals surface area contributed by atoms with E-state index in [9.17, 15) is 0 Å². The zero-order valence-corrected chi connectivity index (χ0v) is 12.4. The first-order valence-electron chi connectivity index (χ1n) is 4.39. The molecule has 0 spiro atoms. The predicted molar refractivity (Wildman–Crippen MR) is 81.7 cm³/mol. The highest BCUT2D eigenvalue weighted by atomic mass is 79.9. The molecule has 0 aliphatic carbocycles. The molecule has 0 heterocycles. The Balaban J connectivity index is 0.00000128. The third kappa shape index (κ3) is 2.76. The van der Waals surface area contributed by atoms with Crippen LogP contribution in [0, 0.1) is 0 Å². The van der Waals surface area contributed by atoms with Gasteiger partial charge in [0.15, 0.2) is 0 Å². The minimum atomic E-state index is 0. The second-order valence-corrected chi connectivity index (χ2v) is 5.64. The summed E-state index contributed by atoms with van der Waals surface area (Å²) in [6.45, 7) is 0. The standard InChI is InChI=1S/C12H7Br3.CH4/c13-9-5-2-1-4-8(9)12-10(14)6-3-7-11(12)15;/h1-7H;1H4. The summed E-state index contributed by atoms with van der Waals surface area (Å²) >= 11 is 10.7. The normalized spacial score (nSPS) is 9.69. The van der Waals surface area contributed by atoms with Crippen molar-refractivity contribution < 1.29 is 0 Å². The molecule has 0 nitrogen and oxygen atoms in total. The molecule has 0 N–H and O–H groups in total. The smallest absolute Gasteiger partial charge is 0.0265 e. The summed E-state index contributed by atoms with van der Waals surface area (Å²) in [5, 5.41) is 0. The zero-order valence-electron chi connectivity index (χ0n) is 7.68. The average molecular weight is 407 g/mol. The fourth-order valence-electron chi connectivity index (χ4n) is 1.42. The second-order valence-electron chi connectivity index (χ2n) is 3.08. The molecule has 0 fully saturated rings. The molecule has 0 aliphatic rings. The first kappa shape index (κ1) is 13.9. The van der Waals surface area contributed by atoms with E-state index in [1.54, 1.807) is 0 Å². The van der Waals surface area contributed by atoms with E-state index >= 15 is 0 Å². The lowest BCUT2D eigenvalue weighted by Gasteiger charge is -2.09. The monoisotopic (exact) mass is 404 g/mol. The van der Waals surface area contributed by atoms with Crippen LogP contribution < -0.4 is 0 Å². The molecule has 2 aromatic carbocycles. The van der Waals surface area contributed by atoms with Crippen LogP contribution in [0.2, 0.25) is 0 Å². The van der Waals surface area contributed by atoms with Crippen molar-refractivity contribution in [3.05, 3.63) is 55.9 Å². The molecule has 0 saturated carbocycles. The molecule has 84 valence electrons. The summed E-state index contributed by atoms with van der Waals surface area (Å²) < 4.78 is 3.27. The topological polar surface area (TPSA) is 0 Å². The van der Waals surface area contributed by atoms with E-state index < -0.39 is 0 Å². The lowest BCUT2D eigenvalue weighted by Crippen LogP contribution is -1.83. The van der Waals surface area contributed by atoms with Crippen molar-refractivity contribution in [2.75, 3.05) is 0 Å². The fraction of sp³-hybridized carbons (Fsp3) is 0.0769. The number of rotatable bonds is 1. The van der Waals surface area contributed by atoms with Crippen LogP contribution in [0.3, 0.4) is 0 Å². The van der Waals surface area contributed by atoms with Crippen LogP contribution in [-0.4, -0.2) is 0 Å². The van der Waals surface area contributed by atoms with E-state index in [1.807, 2.05) is 36.4 Å². The Kier molecular flexibility index (Phi) is 5.22. The Bertz CT molecular complexity index is 472. The van der Waals surface area contributed by atoms with Crippen LogP contribution in [0.4, 0.5) is 0 Å². The van der Waals surface area contributed by atoms with Gasteiger partial charge in [-0.15, -0.1) is 0 Å². The van der Waals surface area contributed by atoms with Gasteiger partial charge in [0.2, 0.25) is 0 Å². The van der Waals surface area contributed by atoms with E-state index in [1.165, 1.54) is 11.1 Å². The number of hydrogen-bond acceptors (Lipinski definition) is 0. The van der Waals surface area contributed by atoms with Gasteiger partial charge >= 0.3 is 0 Å². The maximum atomic E-state index is 3.57. The van der Waals surface area contributed by atoms with Gasteiger partial charge in [0, 0.05) is 19.0 Å². The summed E-state index contributed by atoms with van der Waals surface area (Å²) in [4.78, 5) is 0. The lowest BCUT2D eigenvalue weighted by molar-refractivity contribution is 1.53. The van der Waals surface area contributed by atoms with Crippen LogP contribution in [0.5, 0.6) is 0 Å². The van der Waals surface area contributed by atoms with Crippen LogP contribution in [0.1, 0.15) is 7.43 Å². The van der Waals surface area contributed by atoms with E-state index in [2.05, 4.69) is 53.9 Å². The SMILES string of the molecule is Brc1ccccc1-c1c(Br)cccc1Br.C. The molecule has 0 atom stereocenters. The Labute approximate surface area is 121 Å². The Morgan fingerprint density at radius 2 is 1.12 bits per heavy atom. The summed E-state index contributed by atoms with van der Waals surface area (Å²) in [6, 6.07) is 14.3. The largest absolute Gasteiger partial charge is 0.0776 e. The van der Waals surface area contributed by atoms with Gasteiger partial charge in [0.05, 0.1) is 0 Å². The average Bonchev–Trinajstić information content (AvgIpc) is 2.20. The fourth-order valence-corrected chi connectivity index (χ4v) is 3.33. The van der Waals surface area contributed by atoms with Crippen molar-refractivity contribution in [1.29, 1.82) is 0 Å². The highest BCUT2D eigenvalue weighted by Crippen LogP contribution is 2.38. The predicted octanol–water partition coefficient (Wildman–Crippen LogP) is 6.28. The quantitative estimate of drug-likeness (QED) is 0.523. The number of hydrogen-bond donors (Lipinski definition) is 0. The van der Waals surface area contributed by atoms with Gasteiger partial charge in [-0.3, -0.25) is 0 Å². The Morgan fingerprint density at radius 1 is 0.625 bits per heavy atom. The summed E-state index contributed by atoms with van der Waals surface area (Å²) in [5.74, 6) is 0. The van der Waals surface area contributed by atoms with Gasteiger partial charge in [-0.2, -0.15) is 0 Å². The first-order chi connectivity index (χ1) is 7.20. The molecular weight excluding hydrogens is 396 g/mol. The van der Waals surface area contributed by atoms with Crippen molar-refractivity contribution in [1.82, 2.24) is 0 Å². The maximum Gasteiger partial charge on any atom is 0.0265 e. The van der Waals surface area contributed by atoms with E-state index in [-0.39, 0.29) is 7.43 Å². The molecular formula is C13H11Br3. The zero-order chi connectivity index (χ0) is 10.8. The molecule has 0 bridgehead atoms. The molecule has 0 radical (unpaired) electrons. The molecule has 0 unspecified atom stereocenters. The van der Waals surface area contributed by atoms with Gasteiger partial charge in [-0.25, -0.2) is 0 Å². The highest BCUT2D eigenvalue weighted by Gasteiger charge is 2.09. The molecule has 3 heteroatoms. The molecule has 0 amide bonds. The molecule has 16 heavy (non-hydrogen) atoms. The van der Waals surface area contributed by atoms with Crippen molar-refractivity contribution in [2.24, 2.45) is 0 Å². The van der Waals surface area contributed by atoms with Crippen LogP contribution in [-0.2, 0) is 0 Å². The van der Waals surface area contributed by atoms with Gasteiger partial charge in [0.1, 0.15) is 0 Å². The first-order valence-corrected chi connectivity index (χ1v) is 6.77. The third-order valence-corrected chi connectivity index (χ3v) is 4.12. The minimum Gasteiger partial charge on any atom is -0.0776 e. The second kappa shape index (κ2) is 5.99. The molecule has 0 aliphatic heterocycles. The molecule has 0 aromatic heterocycles. The maximum absolute atomic E-state index is 3.57. The Hall–Kier alpha value is -0.120. The van der Waals surface area contributed by atoms with E-state index in [0.29, 0.717) is 0 Å². The Morgan fingerprint density at radius 3 is 1.69 bits per heavy atom. The van der Waals surface area contributed by atoms with E-state index in [4.69, 9.17) is 0 Å². The summed E-state index contributed by atoms with van der Waals surface area (Å²) in [5.41, 5.74) is 2.35. The van der Waals surface area contributed by atoms with Crippen molar-refractivity contribution >= 4 is 47.8 Å². The minimum absolute atomic E-state index is 0. The van der Waals surface area contributed by atoms with Crippen molar-refractivity contribution in [2.45, 2.75) is 7.43 Å². The van der Waals surface area contributed by atoms with Gasteiger partial charge in [0.25, 0.3) is 0 Å². The summed E-state index contributed by atoms with van der Waals surface area (Å²) in [6.07, 6.45) is 0. The van der Waals surface area contributed by atoms with Crippen molar-refractivity contribution in [3.8, 4) is 11.1 Å². The molecule has 0 saturated heterocycles.